The number of aliphatic hydroxyl groups excluding tert-OH is 2. The van der Waals surface area contributed by atoms with Crippen molar-refractivity contribution in [2.24, 2.45) is 0 Å². The van der Waals surface area contributed by atoms with Crippen molar-refractivity contribution in [2.45, 2.75) is 38.7 Å². The zero-order valence-electron chi connectivity index (χ0n) is 9.66. The predicted molar refractivity (Wildman–Crippen MR) is 58.2 cm³/mol. The third-order valence-electron chi connectivity index (χ3n) is 1.85. The molecule has 1 atom stereocenters. The molecule has 8 heteroatoms. The van der Waals surface area contributed by atoms with Gasteiger partial charge in [-0.1, -0.05) is 17.2 Å². The SMILES string of the molecule is CC(=O)OOS(=O)(=O)CC(O)CCCCCO. The van der Waals surface area contributed by atoms with E-state index in [1.165, 1.54) is 0 Å². The van der Waals surface area contributed by atoms with Crippen LogP contribution >= 0.6 is 0 Å². The minimum atomic E-state index is -4.06. The molecule has 2 N–H and O–H groups in total. The second kappa shape index (κ2) is 8.40. The number of carbonyl (C=O) groups is 1. The van der Waals surface area contributed by atoms with Crippen LogP contribution in [0.25, 0.3) is 0 Å². The van der Waals surface area contributed by atoms with Crippen LogP contribution in [0.2, 0.25) is 0 Å². The fourth-order valence-electron chi connectivity index (χ4n) is 1.12. The lowest BCUT2D eigenvalue weighted by Crippen LogP contribution is -2.23. The Kier molecular flexibility index (Phi) is 8.05. The first-order chi connectivity index (χ1) is 7.87. The Morgan fingerprint density at radius 2 is 1.94 bits per heavy atom. The van der Waals surface area contributed by atoms with Crippen molar-refractivity contribution < 1.29 is 32.6 Å². The van der Waals surface area contributed by atoms with E-state index in [4.69, 9.17) is 5.11 Å². The molecule has 0 saturated heterocycles. The summed E-state index contributed by atoms with van der Waals surface area (Å²) in [4.78, 5) is 14.2. The minimum absolute atomic E-state index is 0.0734. The van der Waals surface area contributed by atoms with Gasteiger partial charge in [0.05, 0.1) is 6.10 Å². The van der Waals surface area contributed by atoms with Crippen molar-refractivity contribution in [1.82, 2.24) is 0 Å². The van der Waals surface area contributed by atoms with E-state index in [0.717, 1.165) is 6.92 Å². The monoisotopic (exact) mass is 270 g/mol. The summed E-state index contributed by atoms with van der Waals surface area (Å²) in [6.45, 7) is 1.07. The molecule has 0 bridgehead atoms. The van der Waals surface area contributed by atoms with Crippen molar-refractivity contribution in [3.8, 4) is 0 Å². The number of carbonyl (C=O) groups excluding carboxylic acids is 1. The van der Waals surface area contributed by atoms with Gasteiger partial charge in [0.25, 0.3) is 0 Å². The van der Waals surface area contributed by atoms with Gasteiger partial charge in [0.2, 0.25) is 0 Å². The number of rotatable bonds is 9. The molecule has 102 valence electrons. The van der Waals surface area contributed by atoms with E-state index in [-0.39, 0.29) is 13.0 Å². The van der Waals surface area contributed by atoms with Crippen molar-refractivity contribution in [3.63, 3.8) is 0 Å². The van der Waals surface area contributed by atoms with E-state index in [9.17, 15) is 18.3 Å². The number of aliphatic hydroxyl groups is 2. The summed E-state index contributed by atoms with van der Waals surface area (Å²) in [6.07, 6.45) is 1.13. The highest BCUT2D eigenvalue weighted by atomic mass is 32.2. The van der Waals surface area contributed by atoms with Crippen LogP contribution in [0.3, 0.4) is 0 Å². The molecule has 0 aliphatic heterocycles. The maximum atomic E-state index is 11.1. The summed E-state index contributed by atoms with van der Waals surface area (Å²) in [5.41, 5.74) is 0. The molecule has 0 aromatic heterocycles. The molecule has 0 rings (SSSR count). The Morgan fingerprint density at radius 3 is 2.47 bits per heavy atom. The van der Waals surface area contributed by atoms with E-state index < -0.39 is 27.9 Å². The number of hydrogen-bond acceptors (Lipinski definition) is 7. The highest BCUT2D eigenvalue weighted by Gasteiger charge is 2.20. The number of hydrogen-bond donors (Lipinski definition) is 2. The molecule has 0 aromatic rings. The molecule has 17 heavy (non-hydrogen) atoms. The maximum absolute atomic E-state index is 11.1. The van der Waals surface area contributed by atoms with Gasteiger partial charge < -0.3 is 10.2 Å². The Bertz CT molecular complexity index is 311. The van der Waals surface area contributed by atoms with Gasteiger partial charge in [-0.2, -0.15) is 8.42 Å². The second-order valence-corrected chi connectivity index (χ2v) is 5.18. The zero-order valence-corrected chi connectivity index (χ0v) is 10.5. The molecule has 0 heterocycles. The lowest BCUT2D eigenvalue weighted by atomic mass is 10.1. The summed E-state index contributed by atoms with van der Waals surface area (Å²) in [5.74, 6) is -1.51. The van der Waals surface area contributed by atoms with E-state index >= 15 is 0 Å². The third-order valence-corrected chi connectivity index (χ3v) is 2.92. The van der Waals surface area contributed by atoms with Gasteiger partial charge in [0.1, 0.15) is 5.75 Å². The first kappa shape index (κ1) is 16.3. The third kappa shape index (κ3) is 10.2. The lowest BCUT2D eigenvalue weighted by Gasteiger charge is -2.09. The highest BCUT2D eigenvalue weighted by Crippen LogP contribution is 2.07. The summed E-state index contributed by atoms with van der Waals surface area (Å²) in [5, 5.41) is 17.9. The van der Waals surface area contributed by atoms with Crippen LogP contribution in [0.4, 0.5) is 0 Å². The average molecular weight is 270 g/mol. The van der Waals surface area contributed by atoms with Crippen LogP contribution in [0.1, 0.15) is 32.6 Å². The molecule has 0 spiro atoms. The van der Waals surface area contributed by atoms with E-state index in [0.29, 0.717) is 19.3 Å². The van der Waals surface area contributed by atoms with Gasteiger partial charge in [-0.25, -0.2) is 4.79 Å². The molecule has 0 fully saturated rings. The lowest BCUT2D eigenvalue weighted by molar-refractivity contribution is -0.208. The highest BCUT2D eigenvalue weighted by molar-refractivity contribution is 7.86. The fourth-order valence-corrected chi connectivity index (χ4v) is 2.01. The first-order valence-corrected chi connectivity index (χ1v) is 6.83. The van der Waals surface area contributed by atoms with E-state index in [1.54, 1.807) is 0 Å². The van der Waals surface area contributed by atoms with Crippen molar-refractivity contribution >= 4 is 16.1 Å². The normalized spacial score (nSPS) is 13.4. The fraction of sp³-hybridized carbons (Fsp3) is 0.889. The summed E-state index contributed by atoms with van der Waals surface area (Å²) < 4.78 is 26.2. The number of unbranched alkanes of at least 4 members (excludes halogenated alkanes) is 2. The summed E-state index contributed by atoms with van der Waals surface area (Å²) in [7, 11) is -4.06. The second-order valence-electron chi connectivity index (χ2n) is 3.59. The predicted octanol–water partition coefficient (Wildman–Crippen LogP) is -0.276. The molecule has 0 saturated carbocycles. The van der Waals surface area contributed by atoms with E-state index in [1.807, 2.05) is 0 Å². The van der Waals surface area contributed by atoms with Crippen LogP contribution in [0, 0.1) is 0 Å². The van der Waals surface area contributed by atoms with Crippen molar-refractivity contribution in [1.29, 1.82) is 0 Å². The molecular weight excluding hydrogens is 252 g/mol. The van der Waals surface area contributed by atoms with Crippen LogP contribution in [-0.4, -0.2) is 43.1 Å². The smallest absolute Gasteiger partial charge is 0.340 e. The molecule has 0 aliphatic rings. The summed E-state index contributed by atoms with van der Waals surface area (Å²) >= 11 is 0. The molecule has 0 amide bonds. The molecule has 0 aromatic carbocycles. The molecule has 1 unspecified atom stereocenters. The molecular formula is C9H18O7S. The van der Waals surface area contributed by atoms with Crippen molar-refractivity contribution in [3.05, 3.63) is 0 Å². The zero-order chi connectivity index (χ0) is 13.3. The Morgan fingerprint density at radius 1 is 1.29 bits per heavy atom. The summed E-state index contributed by atoms with van der Waals surface area (Å²) in [6, 6.07) is 0. The topological polar surface area (TPSA) is 110 Å². The van der Waals surface area contributed by atoms with Gasteiger partial charge >= 0.3 is 16.1 Å². The quantitative estimate of drug-likeness (QED) is 0.337. The van der Waals surface area contributed by atoms with Crippen molar-refractivity contribution in [2.75, 3.05) is 12.4 Å². The average Bonchev–Trinajstić information content (AvgIpc) is 2.21. The van der Waals surface area contributed by atoms with Crippen LogP contribution in [-0.2, 0) is 24.1 Å². The molecule has 0 radical (unpaired) electrons. The van der Waals surface area contributed by atoms with Gasteiger partial charge in [-0.3, -0.25) is 4.89 Å². The van der Waals surface area contributed by atoms with Gasteiger partial charge in [-0.05, 0) is 12.8 Å². The first-order valence-electron chi connectivity index (χ1n) is 5.25. The van der Waals surface area contributed by atoms with Crippen LogP contribution in [0.15, 0.2) is 0 Å². The standard InChI is InChI=1S/C9H18O7S/c1-8(11)15-16-17(13,14)7-9(12)5-3-2-4-6-10/h9-10,12H,2-7H2,1H3. The minimum Gasteiger partial charge on any atom is -0.396 e. The van der Waals surface area contributed by atoms with Crippen LogP contribution in [0.5, 0.6) is 0 Å². The van der Waals surface area contributed by atoms with Gasteiger partial charge in [0, 0.05) is 13.5 Å². The Balaban J connectivity index is 3.84. The Hall–Kier alpha value is -0.700. The molecule has 0 aliphatic carbocycles. The van der Waals surface area contributed by atoms with E-state index in [2.05, 4.69) is 9.22 Å². The largest absolute Gasteiger partial charge is 0.396 e. The van der Waals surface area contributed by atoms with Crippen LogP contribution < -0.4 is 0 Å². The Labute approximate surface area is 100 Å². The van der Waals surface area contributed by atoms with Gasteiger partial charge in [-0.15, -0.1) is 0 Å². The maximum Gasteiger partial charge on any atom is 0.340 e. The van der Waals surface area contributed by atoms with Gasteiger partial charge in [0.15, 0.2) is 0 Å². The molecule has 7 nitrogen and oxygen atoms in total.